The lowest BCUT2D eigenvalue weighted by Crippen LogP contribution is -2.17. The number of rotatable bonds is 5. The Morgan fingerprint density at radius 1 is 0.958 bits per heavy atom. The van der Waals surface area contributed by atoms with Gasteiger partial charge in [-0.05, 0) is 42.3 Å². The van der Waals surface area contributed by atoms with E-state index in [1.807, 2.05) is 19.1 Å². The van der Waals surface area contributed by atoms with Gasteiger partial charge in [-0.2, -0.15) is 0 Å². The van der Waals surface area contributed by atoms with Gasteiger partial charge >= 0.3 is 5.97 Å². The number of Topliss-reactive ketones (excluding diaryl/α,β-unsaturated/α-hetero) is 1. The van der Waals surface area contributed by atoms with Crippen molar-refractivity contribution < 1.29 is 23.8 Å². The van der Waals surface area contributed by atoms with Gasteiger partial charge in [-0.3, -0.25) is 4.79 Å². The smallest absolute Gasteiger partial charge is 0.338 e. The quantitative estimate of drug-likeness (QED) is 0.624. The maximum Gasteiger partial charge on any atom is 0.338 e. The molecule has 1 heterocycles. The Bertz CT molecular complexity index is 749. The first-order valence-corrected chi connectivity index (χ1v) is 7.86. The summed E-state index contributed by atoms with van der Waals surface area (Å²) in [6.07, 6.45) is 0.901. The van der Waals surface area contributed by atoms with Crippen LogP contribution in [0.5, 0.6) is 11.5 Å². The summed E-state index contributed by atoms with van der Waals surface area (Å²) in [4.78, 5) is 24.2. The number of carbonyl (C=O) groups is 2. The first-order valence-electron chi connectivity index (χ1n) is 7.86. The van der Waals surface area contributed by atoms with Crippen molar-refractivity contribution in [2.45, 2.75) is 13.3 Å². The summed E-state index contributed by atoms with van der Waals surface area (Å²) in [6, 6.07) is 12.1. The van der Waals surface area contributed by atoms with Gasteiger partial charge in [0.1, 0.15) is 13.2 Å². The molecule has 124 valence electrons. The molecule has 1 aliphatic heterocycles. The van der Waals surface area contributed by atoms with Gasteiger partial charge in [-0.1, -0.05) is 19.1 Å². The van der Waals surface area contributed by atoms with Gasteiger partial charge in [0.25, 0.3) is 0 Å². The number of aryl methyl sites for hydroxylation is 1. The van der Waals surface area contributed by atoms with Gasteiger partial charge < -0.3 is 14.2 Å². The third kappa shape index (κ3) is 3.56. The van der Waals surface area contributed by atoms with Crippen molar-refractivity contribution >= 4 is 11.8 Å². The molecule has 0 N–H and O–H groups in total. The molecule has 0 aliphatic carbocycles. The van der Waals surface area contributed by atoms with E-state index < -0.39 is 5.97 Å². The second-order valence-electron chi connectivity index (χ2n) is 5.41. The molecule has 5 heteroatoms. The van der Waals surface area contributed by atoms with Crippen LogP contribution in [0.4, 0.5) is 0 Å². The van der Waals surface area contributed by atoms with Gasteiger partial charge in [0, 0.05) is 5.56 Å². The molecule has 5 nitrogen and oxygen atoms in total. The van der Waals surface area contributed by atoms with E-state index in [1.54, 1.807) is 30.3 Å². The normalized spacial score (nSPS) is 12.5. The summed E-state index contributed by atoms with van der Waals surface area (Å²) < 4.78 is 16.0. The SMILES string of the molecule is CCc1ccc(C(=O)OCC(=O)c2ccc3c(c2)OCCO3)cc1. The van der Waals surface area contributed by atoms with E-state index >= 15 is 0 Å². The van der Waals surface area contributed by atoms with Gasteiger partial charge in [-0.25, -0.2) is 4.79 Å². The minimum atomic E-state index is -0.511. The van der Waals surface area contributed by atoms with Crippen LogP contribution in [-0.2, 0) is 11.2 Å². The Labute approximate surface area is 140 Å². The highest BCUT2D eigenvalue weighted by Crippen LogP contribution is 2.30. The van der Waals surface area contributed by atoms with Crippen LogP contribution in [0.15, 0.2) is 42.5 Å². The Hall–Kier alpha value is -2.82. The molecule has 3 rings (SSSR count). The van der Waals surface area contributed by atoms with Gasteiger partial charge in [0.15, 0.2) is 23.9 Å². The molecule has 0 amide bonds. The highest BCUT2D eigenvalue weighted by atomic mass is 16.6. The van der Waals surface area contributed by atoms with E-state index in [0.29, 0.717) is 35.8 Å². The lowest BCUT2D eigenvalue weighted by molar-refractivity contribution is 0.0474. The lowest BCUT2D eigenvalue weighted by Gasteiger charge is -2.18. The average Bonchev–Trinajstić information content (AvgIpc) is 2.65. The zero-order chi connectivity index (χ0) is 16.9. The van der Waals surface area contributed by atoms with Crippen molar-refractivity contribution in [3.8, 4) is 11.5 Å². The van der Waals surface area contributed by atoms with Crippen LogP contribution in [0, 0.1) is 0 Å². The van der Waals surface area contributed by atoms with Gasteiger partial charge in [0.05, 0.1) is 5.56 Å². The predicted molar refractivity (Wildman–Crippen MR) is 87.9 cm³/mol. The number of benzene rings is 2. The van der Waals surface area contributed by atoms with Crippen LogP contribution in [-0.4, -0.2) is 31.6 Å². The molecule has 0 fully saturated rings. The number of hydrogen-bond donors (Lipinski definition) is 0. The molecule has 0 spiro atoms. The molecule has 2 aromatic carbocycles. The van der Waals surface area contributed by atoms with E-state index in [9.17, 15) is 9.59 Å². The summed E-state index contributed by atoms with van der Waals surface area (Å²) in [7, 11) is 0. The van der Waals surface area contributed by atoms with E-state index in [1.165, 1.54) is 0 Å². The Morgan fingerprint density at radius 3 is 2.33 bits per heavy atom. The highest BCUT2D eigenvalue weighted by Gasteiger charge is 2.16. The summed E-state index contributed by atoms with van der Waals surface area (Å²) in [5.41, 5.74) is 1.99. The summed E-state index contributed by atoms with van der Waals surface area (Å²) in [6.45, 7) is 2.68. The minimum absolute atomic E-state index is 0.287. The van der Waals surface area contributed by atoms with Crippen LogP contribution in [0.2, 0.25) is 0 Å². The van der Waals surface area contributed by atoms with Crippen LogP contribution < -0.4 is 9.47 Å². The van der Waals surface area contributed by atoms with Crippen LogP contribution >= 0.6 is 0 Å². The number of ether oxygens (including phenoxy) is 3. The van der Waals surface area contributed by atoms with Crippen LogP contribution in [0.25, 0.3) is 0 Å². The Morgan fingerprint density at radius 2 is 1.62 bits per heavy atom. The average molecular weight is 326 g/mol. The fourth-order valence-corrected chi connectivity index (χ4v) is 2.39. The molecule has 24 heavy (non-hydrogen) atoms. The largest absolute Gasteiger partial charge is 0.486 e. The molecule has 2 aromatic rings. The monoisotopic (exact) mass is 326 g/mol. The highest BCUT2D eigenvalue weighted by molar-refractivity contribution is 5.99. The molecule has 0 atom stereocenters. The van der Waals surface area contributed by atoms with Crippen molar-refractivity contribution in [1.82, 2.24) is 0 Å². The zero-order valence-corrected chi connectivity index (χ0v) is 13.4. The summed E-state index contributed by atoms with van der Waals surface area (Å²) >= 11 is 0. The maximum atomic E-state index is 12.2. The molecule has 1 aliphatic rings. The third-order valence-corrected chi connectivity index (χ3v) is 3.80. The van der Waals surface area contributed by atoms with Crippen molar-refractivity contribution in [2.75, 3.05) is 19.8 Å². The Kier molecular flexibility index (Phi) is 4.79. The van der Waals surface area contributed by atoms with E-state index in [4.69, 9.17) is 14.2 Å². The zero-order valence-electron chi connectivity index (χ0n) is 13.4. The van der Waals surface area contributed by atoms with E-state index in [0.717, 1.165) is 12.0 Å². The fraction of sp³-hybridized carbons (Fsp3) is 0.263. The molecule has 0 radical (unpaired) electrons. The van der Waals surface area contributed by atoms with Gasteiger partial charge in [0.2, 0.25) is 0 Å². The van der Waals surface area contributed by atoms with Crippen molar-refractivity contribution in [3.05, 3.63) is 59.2 Å². The standard InChI is InChI=1S/C19H18O5/c1-2-13-3-5-14(6-4-13)19(21)24-12-16(20)15-7-8-17-18(11-15)23-10-9-22-17/h3-8,11H,2,9-10,12H2,1H3. The molecular weight excluding hydrogens is 308 g/mol. The second-order valence-corrected chi connectivity index (χ2v) is 5.41. The molecule has 0 aromatic heterocycles. The lowest BCUT2D eigenvalue weighted by atomic mass is 10.1. The van der Waals surface area contributed by atoms with Crippen LogP contribution in [0.1, 0.15) is 33.2 Å². The number of ketones is 1. The third-order valence-electron chi connectivity index (χ3n) is 3.80. The summed E-state index contributed by atoms with van der Waals surface area (Å²) in [5.74, 6) is 0.355. The molecule has 0 saturated carbocycles. The maximum absolute atomic E-state index is 12.2. The topological polar surface area (TPSA) is 61.8 Å². The predicted octanol–water partition coefficient (Wildman–Crippen LogP) is 3.06. The molecule has 0 unspecified atom stereocenters. The van der Waals surface area contributed by atoms with Crippen molar-refractivity contribution in [3.63, 3.8) is 0 Å². The van der Waals surface area contributed by atoms with E-state index in [2.05, 4.69) is 0 Å². The molecular formula is C19H18O5. The second kappa shape index (κ2) is 7.17. The first kappa shape index (κ1) is 16.1. The van der Waals surface area contributed by atoms with Crippen LogP contribution in [0.3, 0.4) is 0 Å². The minimum Gasteiger partial charge on any atom is -0.486 e. The molecule has 0 bridgehead atoms. The van der Waals surface area contributed by atoms with Gasteiger partial charge in [-0.15, -0.1) is 0 Å². The number of carbonyl (C=O) groups excluding carboxylic acids is 2. The fourth-order valence-electron chi connectivity index (χ4n) is 2.39. The first-order chi connectivity index (χ1) is 11.7. The van der Waals surface area contributed by atoms with E-state index in [-0.39, 0.29) is 12.4 Å². The number of fused-ring (bicyclic) bond motifs is 1. The number of esters is 1. The number of hydrogen-bond acceptors (Lipinski definition) is 5. The molecule has 0 saturated heterocycles. The van der Waals surface area contributed by atoms with Crippen molar-refractivity contribution in [2.24, 2.45) is 0 Å². The van der Waals surface area contributed by atoms with Crippen molar-refractivity contribution in [1.29, 1.82) is 0 Å². The summed E-state index contributed by atoms with van der Waals surface area (Å²) in [5, 5.41) is 0. The Balaban J connectivity index is 1.61.